The molecule has 0 radical (unpaired) electrons. The van der Waals surface area contributed by atoms with Crippen molar-refractivity contribution >= 4 is 34.1 Å². The minimum absolute atomic E-state index is 0.232. The molecule has 0 saturated heterocycles. The van der Waals surface area contributed by atoms with E-state index in [2.05, 4.69) is 0 Å². The predicted octanol–water partition coefficient (Wildman–Crippen LogP) is 5.67. The first-order chi connectivity index (χ1) is 17.4. The van der Waals surface area contributed by atoms with E-state index in [1.165, 1.54) is 12.1 Å². The Labute approximate surface area is 206 Å². The lowest BCUT2D eigenvalue weighted by Crippen LogP contribution is -2.18. The Kier molecular flexibility index (Phi) is 5.70. The van der Waals surface area contributed by atoms with Crippen LogP contribution in [0.2, 0.25) is 0 Å². The summed E-state index contributed by atoms with van der Waals surface area (Å²) in [6.45, 7) is 0. The lowest BCUT2D eigenvalue weighted by molar-refractivity contribution is -0.132. The van der Waals surface area contributed by atoms with E-state index in [1.54, 1.807) is 48.5 Å². The van der Waals surface area contributed by atoms with Gasteiger partial charge in [0.2, 0.25) is 5.78 Å². The fraction of sp³-hybridized carbons (Fsp3) is 0.0333. The highest BCUT2D eigenvalue weighted by molar-refractivity contribution is 6.28. The highest BCUT2D eigenvalue weighted by atomic mass is 16.4. The molecular weight excluding hydrogens is 456 g/mol. The molecule has 0 aromatic heterocycles. The minimum atomic E-state index is -1.32. The van der Waals surface area contributed by atoms with Crippen molar-refractivity contribution in [2.75, 3.05) is 0 Å². The highest BCUT2D eigenvalue weighted by Gasteiger charge is 2.29. The molecule has 6 heteroatoms. The van der Waals surface area contributed by atoms with Crippen LogP contribution in [0.15, 0.2) is 103 Å². The second-order valence-electron chi connectivity index (χ2n) is 8.46. The molecule has 1 atom stereocenters. The number of fused-ring (bicyclic) bond motifs is 2. The molecule has 0 spiro atoms. The molecular formula is C30H20O6. The van der Waals surface area contributed by atoms with Gasteiger partial charge in [0, 0.05) is 16.9 Å². The van der Waals surface area contributed by atoms with Crippen LogP contribution in [-0.2, 0) is 4.79 Å². The molecule has 0 heterocycles. The number of rotatable bonds is 5. The summed E-state index contributed by atoms with van der Waals surface area (Å²) in [5, 5.41) is 31.2. The number of Topliss-reactive ketones (excluding diaryl/α,β-unsaturated/α-hetero) is 1. The molecule has 36 heavy (non-hydrogen) atoms. The van der Waals surface area contributed by atoms with Gasteiger partial charge in [-0.05, 0) is 39.8 Å². The molecule has 0 bridgehead atoms. The van der Waals surface area contributed by atoms with Gasteiger partial charge in [0.15, 0.2) is 0 Å². The highest BCUT2D eigenvalue weighted by Crippen LogP contribution is 2.40. The minimum Gasteiger partial charge on any atom is -0.506 e. The monoisotopic (exact) mass is 476 g/mol. The summed E-state index contributed by atoms with van der Waals surface area (Å²) in [4.78, 5) is 36.7. The van der Waals surface area contributed by atoms with Gasteiger partial charge in [0.1, 0.15) is 16.9 Å². The number of phenols is 1. The predicted molar refractivity (Wildman–Crippen MR) is 135 cm³/mol. The zero-order valence-electron chi connectivity index (χ0n) is 18.9. The van der Waals surface area contributed by atoms with Crippen LogP contribution < -0.4 is 0 Å². The molecule has 0 fully saturated rings. The van der Waals surface area contributed by atoms with E-state index in [9.17, 15) is 29.7 Å². The normalized spacial score (nSPS) is 14.8. The second-order valence-corrected chi connectivity index (χ2v) is 8.46. The Balaban J connectivity index is 1.84. The second kappa shape index (κ2) is 9.00. The summed E-state index contributed by atoms with van der Waals surface area (Å²) in [6.07, 6.45) is 3.21. The van der Waals surface area contributed by atoms with Crippen LogP contribution in [0.5, 0.6) is 5.75 Å². The SMILES string of the molecule is O=C(O)C1=C/C(=C/C(c2ccccc2)c2cc(C(=O)O)c(O)c3ccccc23)c2ccccc2C1=O. The van der Waals surface area contributed by atoms with Crippen molar-refractivity contribution in [3.8, 4) is 5.75 Å². The average molecular weight is 476 g/mol. The van der Waals surface area contributed by atoms with Gasteiger partial charge in [0.25, 0.3) is 0 Å². The zero-order chi connectivity index (χ0) is 25.4. The van der Waals surface area contributed by atoms with Crippen LogP contribution >= 0.6 is 0 Å². The van der Waals surface area contributed by atoms with Gasteiger partial charge in [-0.1, -0.05) is 84.9 Å². The van der Waals surface area contributed by atoms with E-state index in [1.807, 2.05) is 36.4 Å². The molecule has 1 aliphatic carbocycles. The van der Waals surface area contributed by atoms with Crippen LogP contribution in [0.25, 0.3) is 16.3 Å². The standard InChI is InChI=1S/C30H20O6/c31-27-21-12-6-4-10-19(21)18(15-25(27)29(33)34)14-23(17-8-2-1-3-9-17)24-16-26(30(35)36)28(32)22-13-7-5-11-20(22)24/h1-16,23,32H,(H,33,34)(H,35,36)/b18-14-. The van der Waals surface area contributed by atoms with Crippen LogP contribution in [0.3, 0.4) is 0 Å². The smallest absolute Gasteiger partial charge is 0.339 e. The maximum absolute atomic E-state index is 12.8. The van der Waals surface area contributed by atoms with E-state index in [0.717, 1.165) is 5.56 Å². The van der Waals surface area contributed by atoms with Gasteiger partial charge in [-0.15, -0.1) is 0 Å². The summed E-state index contributed by atoms with van der Waals surface area (Å²) in [5.41, 5.74) is 2.30. The van der Waals surface area contributed by atoms with Crippen LogP contribution in [0.4, 0.5) is 0 Å². The first kappa shape index (κ1) is 22.8. The lowest BCUT2D eigenvalue weighted by atomic mass is 9.81. The molecule has 3 N–H and O–H groups in total. The van der Waals surface area contributed by atoms with E-state index in [0.29, 0.717) is 27.5 Å². The summed E-state index contributed by atoms with van der Waals surface area (Å²) >= 11 is 0. The van der Waals surface area contributed by atoms with Gasteiger partial charge in [-0.2, -0.15) is 0 Å². The van der Waals surface area contributed by atoms with Gasteiger partial charge in [-0.25, -0.2) is 9.59 Å². The summed E-state index contributed by atoms with van der Waals surface area (Å²) in [6, 6.07) is 24.6. The van der Waals surface area contributed by atoms with Crippen molar-refractivity contribution < 1.29 is 29.7 Å². The molecule has 4 aromatic rings. The Hall–Kier alpha value is -4.97. The summed E-state index contributed by atoms with van der Waals surface area (Å²) in [7, 11) is 0. The molecule has 176 valence electrons. The lowest BCUT2D eigenvalue weighted by Gasteiger charge is -2.22. The number of ketones is 1. The maximum Gasteiger partial charge on any atom is 0.339 e. The molecule has 1 aliphatic rings. The van der Waals surface area contributed by atoms with Crippen molar-refractivity contribution in [2.24, 2.45) is 0 Å². The number of carboxylic acids is 2. The summed E-state index contributed by atoms with van der Waals surface area (Å²) in [5.74, 6) is -3.98. The van der Waals surface area contributed by atoms with Crippen molar-refractivity contribution in [1.29, 1.82) is 0 Å². The van der Waals surface area contributed by atoms with Gasteiger partial charge >= 0.3 is 11.9 Å². The number of aliphatic carboxylic acids is 1. The van der Waals surface area contributed by atoms with Crippen molar-refractivity contribution in [2.45, 2.75) is 5.92 Å². The topological polar surface area (TPSA) is 112 Å². The number of carboxylic acid groups (broad SMARTS) is 2. The van der Waals surface area contributed by atoms with E-state index >= 15 is 0 Å². The Bertz CT molecular complexity index is 1610. The van der Waals surface area contributed by atoms with Crippen LogP contribution in [0.1, 0.15) is 43.3 Å². The van der Waals surface area contributed by atoms with Gasteiger partial charge in [-0.3, -0.25) is 4.79 Å². The van der Waals surface area contributed by atoms with Crippen LogP contribution in [-0.4, -0.2) is 33.0 Å². The van der Waals surface area contributed by atoms with E-state index < -0.39 is 23.6 Å². The van der Waals surface area contributed by atoms with Crippen LogP contribution in [0, 0.1) is 0 Å². The molecule has 5 rings (SSSR count). The van der Waals surface area contributed by atoms with Crippen molar-refractivity contribution in [1.82, 2.24) is 0 Å². The molecule has 1 unspecified atom stereocenters. The maximum atomic E-state index is 12.8. The fourth-order valence-electron chi connectivity index (χ4n) is 4.69. The number of benzene rings is 4. The fourth-order valence-corrected chi connectivity index (χ4v) is 4.69. The number of aromatic hydroxyl groups is 1. The number of allylic oxidation sites excluding steroid dienone is 3. The van der Waals surface area contributed by atoms with Gasteiger partial charge < -0.3 is 15.3 Å². The third-order valence-corrected chi connectivity index (χ3v) is 6.38. The average Bonchev–Trinajstić information content (AvgIpc) is 2.89. The van der Waals surface area contributed by atoms with Crippen molar-refractivity contribution in [3.05, 3.63) is 130 Å². The largest absolute Gasteiger partial charge is 0.506 e. The Morgan fingerprint density at radius 3 is 2.03 bits per heavy atom. The molecule has 0 amide bonds. The summed E-state index contributed by atoms with van der Waals surface area (Å²) < 4.78 is 0. The third kappa shape index (κ3) is 3.84. The molecule has 4 aromatic carbocycles. The number of carbonyl (C=O) groups is 3. The van der Waals surface area contributed by atoms with Gasteiger partial charge in [0.05, 0.1) is 0 Å². The number of aromatic carboxylic acids is 1. The first-order valence-corrected chi connectivity index (χ1v) is 11.2. The number of hydrogen-bond acceptors (Lipinski definition) is 4. The Morgan fingerprint density at radius 2 is 1.36 bits per heavy atom. The first-order valence-electron chi connectivity index (χ1n) is 11.2. The molecule has 6 nitrogen and oxygen atoms in total. The number of carbonyl (C=O) groups excluding carboxylic acids is 1. The van der Waals surface area contributed by atoms with E-state index in [4.69, 9.17) is 0 Å². The molecule has 0 saturated carbocycles. The van der Waals surface area contributed by atoms with Crippen molar-refractivity contribution in [3.63, 3.8) is 0 Å². The third-order valence-electron chi connectivity index (χ3n) is 6.38. The quantitative estimate of drug-likeness (QED) is 0.320. The van der Waals surface area contributed by atoms with E-state index in [-0.39, 0.29) is 22.4 Å². The Morgan fingerprint density at radius 1 is 0.750 bits per heavy atom. The molecule has 0 aliphatic heterocycles. The number of hydrogen-bond donors (Lipinski definition) is 3. The zero-order valence-corrected chi connectivity index (χ0v) is 18.9.